The molecule has 1 heterocycles. The van der Waals surface area contributed by atoms with E-state index in [1.165, 1.54) is 17.0 Å². The number of rotatable bonds is 8. The summed E-state index contributed by atoms with van der Waals surface area (Å²) in [5.74, 6) is -1.60. The van der Waals surface area contributed by atoms with Crippen molar-refractivity contribution in [1.29, 1.82) is 5.26 Å². The number of aryl methyl sites for hydroxylation is 1. The fourth-order valence-electron chi connectivity index (χ4n) is 3.26. The number of hydrogen-bond acceptors (Lipinski definition) is 8. The zero-order valence-corrected chi connectivity index (χ0v) is 19.5. The van der Waals surface area contributed by atoms with Gasteiger partial charge in [0.15, 0.2) is 5.13 Å². The number of nitrogens with one attached hydrogen (secondary N) is 1. The number of aliphatic hydroxyl groups is 1. The molecule has 0 fully saturated rings. The number of hydrogen-bond donors (Lipinski definition) is 2. The summed E-state index contributed by atoms with van der Waals surface area (Å²) in [4.78, 5) is 18.6. The summed E-state index contributed by atoms with van der Waals surface area (Å²) in [7, 11) is -3.81. The number of nitrogens with zero attached hydrogens (tertiary/aromatic N) is 3. The van der Waals surface area contributed by atoms with Crippen molar-refractivity contribution in [2.45, 2.75) is 19.4 Å². The van der Waals surface area contributed by atoms with E-state index in [1.54, 1.807) is 6.92 Å². The number of carbonyl (C=O) groups is 1. The third-order valence-electron chi connectivity index (χ3n) is 4.71. The van der Waals surface area contributed by atoms with E-state index in [0.29, 0.717) is 11.3 Å². The first-order valence-electron chi connectivity index (χ1n) is 9.76. The maximum Gasteiger partial charge on any atom is 0.284 e. The number of carbonyl (C=O) groups excluding carboxylic acids is 1. The van der Waals surface area contributed by atoms with Crippen molar-refractivity contribution in [2.75, 3.05) is 17.8 Å². The largest absolute Gasteiger partial charge is 0.394 e. The van der Waals surface area contributed by atoms with E-state index in [2.05, 4.69) is 4.98 Å². The standard InChI is InChI=1S/C22H21FN4O4S2/c1-14-20(21(29)26-33(2,30)31)25-22(32-14)27(19-9-8-16(12-24)11-18(19)23)17(13-28)10-15-6-4-3-5-7-15/h3-9,11,17,28H,10,13H2,1-2H3,(H,26,29). The highest BCUT2D eigenvalue weighted by atomic mass is 32.2. The van der Waals surface area contributed by atoms with Crippen molar-refractivity contribution >= 4 is 38.1 Å². The van der Waals surface area contributed by atoms with Crippen molar-refractivity contribution in [3.05, 3.63) is 76.0 Å². The second-order valence-corrected chi connectivity index (χ2v) is 10.2. The van der Waals surface area contributed by atoms with Crippen molar-refractivity contribution in [2.24, 2.45) is 0 Å². The molecule has 3 rings (SSSR count). The van der Waals surface area contributed by atoms with Crippen LogP contribution in [0.25, 0.3) is 0 Å². The molecule has 11 heteroatoms. The fourth-order valence-corrected chi connectivity index (χ4v) is 4.69. The van der Waals surface area contributed by atoms with Crippen LogP contribution < -0.4 is 9.62 Å². The minimum Gasteiger partial charge on any atom is -0.394 e. The van der Waals surface area contributed by atoms with E-state index in [1.807, 2.05) is 41.1 Å². The molecule has 2 aromatic carbocycles. The summed E-state index contributed by atoms with van der Waals surface area (Å²) >= 11 is 1.06. The zero-order valence-electron chi connectivity index (χ0n) is 17.8. The summed E-state index contributed by atoms with van der Waals surface area (Å²) in [5.41, 5.74) is 0.964. The second kappa shape index (κ2) is 10.1. The van der Waals surface area contributed by atoms with Crippen LogP contribution in [0, 0.1) is 24.1 Å². The van der Waals surface area contributed by atoms with Crippen LogP contribution >= 0.6 is 11.3 Å². The van der Waals surface area contributed by atoms with Crippen LogP contribution in [0.2, 0.25) is 0 Å². The lowest BCUT2D eigenvalue weighted by atomic mass is 10.0. The fraction of sp³-hybridized carbons (Fsp3) is 0.227. The topological polar surface area (TPSA) is 123 Å². The number of benzene rings is 2. The van der Waals surface area contributed by atoms with Gasteiger partial charge in [0, 0.05) is 4.88 Å². The molecule has 1 amide bonds. The van der Waals surface area contributed by atoms with E-state index in [-0.39, 0.29) is 28.7 Å². The Bertz CT molecular complexity index is 1300. The van der Waals surface area contributed by atoms with Crippen LogP contribution in [-0.4, -0.2) is 43.3 Å². The molecule has 1 unspecified atom stereocenters. The van der Waals surface area contributed by atoms with Gasteiger partial charge in [-0.15, -0.1) is 11.3 Å². The van der Waals surface area contributed by atoms with Gasteiger partial charge in [0.2, 0.25) is 10.0 Å². The molecule has 0 aliphatic heterocycles. The Balaban J connectivity index is 2.10. The van der Waals surface area contributed by atoms with E-state index in [4.69, 9.17) is 5.26 Å². The van der Waals surface area contributed by atoms with E-state index < -0.39 is 27.8 Å². The van der Waals surface area contributed by atoms with Crippen LogP contribution in [0.15, 0.2) is 48.5 Å². The van der Waals surface area contributed by atoms with Crippen LogP contribution in [0.5, 0.6) is 0 Å². The first-order chi connectivity index (χ1) is 15.6. The van der Waals surface area contributed by atoms with Crippen molar-refractivity contribution in [3.8, 4) is 6.07 Å². The third kappa shape index (κ3) is 5.92. The Labute approximate surface area is 195 Å². The quantitative estimate of drug-likeness (QED) is 0.500. The molecule has 0 saturated carbocycles. The number of amides is 1. The van der Waals surface area contributed by atoms with Gasteiger partial charge >= 0.3 is 0 Å². The second-order valence-electron chi connectivity index (χ2n) is 7.28. The number of aromatic nitrogens is 1. The number of halogens is 1. The van der Waals surface area contributed by atoms with Crippen LogP contribution in [0.1, 0.15) is 26.5 Å². The van der Waals surface area contributed by atoms with Gasteiger partial charge in [-0.2, -0.15) is 5.26 Å². The Morgan fingerprint density at radius 1 is 1.30 bits per heavy atom. The number of thiazole rings is 1. The maximum absolute atomic E-state index is 15.0. The molecule has 0 saturated heterocycles. The van der Waals surface area contributed by atoms with Crippen molar-refractivity contribution in [1.82, 2.24) is 9.71 Å². The van der Waals surface area contributed by atoms with Gasteiger partial charge < -0.3 is 10.0 Å². The third-order valence-corrected chi connectivity index (χ3v) is 6.24. The lowest BCUT2D eigenvalue weighted by Gasteiger charge is -2.31. The normalized spacial score (nSPS) is 12.1. The highest BCUT2D eigenvalue weighted by molar-refractivity contribution is 7.89. The molecule has 2 N–H and O–H groups in total. The molecule has 0 aliphatic rings. The van der Waals surface area contributed by atoms with Crippen molar-refractivity contribution < 1.29 is 22.7 Å². The molecule has 1 aromatic heterocycles. The number of sulfonamides is 1. The highest BCUT2D eigenvalue weighted by Crippen LogP contribution is 2.36. The predicted octanol–water partition coefficient (Wildman–Crippen LogP) is 2.89. The number of aliphatic hydroxyl groups excluding tert-OH is 1. The van der Waals surface area contributed by atoms with Crippen LogP contribution in [-0.2, 0) is 16.4 Å². The van der Waals surface area contributed by atoms with Crippen molar-refractivity contribution in [3.63, 3.8) is 0 Å². The average molecular weight is 489 g/mol. The Hall–Kier alpha value is -3.33. The molecule has 33 heavy (non-hydrogen) atoms. The monoisotopic (exact) mass is 488 g/mol. The number of nitriles is 1. The molecule has 1 atom stereocenters. The molecular weight excluding hydrogens is 467 g/mol. The Morgan fingerprint density at radius 2 is 2.00 bits per heavy atom. The van der Waals surface area contributed by atoms with Crippen LogP contribution in [0.4, 0.5) is 15.2 Å². The molecule has 3 aromatic rings. The number of anilines is 2. The summed E-state index contributed by atoms with van der Waals surface area (Å²) in [6.07, 6.45) is 1.19. The molecule has 0 spiro atoms. The van der Waals surface area contributed by atoms with E-state index in [9.17, 15) is 18.3 Å². The van der Waals surface area contributed by atoms with Gasteiger partial charge in [-0.25, -0.2) is 22.5 Å². The van der Waals surface area contributed by atoms with E-state index >= 15 is 4.39 Å². The lowest BCUT2D eigenvalue weighted by molar-refractivity contribution is 0.0977. The first kappa shape index (κ1) is 24.3. The predicted molar refractivity (Wildman–Crippen MR) is 123 cm³/mol. The Kier molecular flexibility index (Phi) is 7.43. The summed E-state index contributed by atoms with van der Waals surface area (Å²) < 4.78 is 39.9. The summed E-state index contributed by atoms with van der Waals surface area (Å²) in [6.45, 7) is 1.23. The first-order valence-corrected chi connectivity index (χ1v) is 12.5. The average Bonchev–Trinajstić information content (AvgIpc) is 3.15. The van der Waals surface area contributed by atoms with Gasteiger partial charge in [0.25, 0.3) is 5.91 Å². The SMILES string of the molecule is Cc1sc(N(c2ccc(C#N)cc2F)C(CO)Cc2ccccc2)nc1C(=O)NS(C)(=O)=O. The van der Waals surface area contributed by atoms with Crippen LogP contribution in [0.3, 0.4) is 0 Å². The summed E-state index contributed by atoms with van der Waals surface area (Å²) in [6, 6.07) is 14.4. The minimum absolute atomic E-state index is 0.0628. The maximum atomic E-state index is 15.0. The molecule has 0 radical (unpaired) electrons. The van der Waals surface area contributed by atoms with E-state index in [0.717, 1.165) is 29.2 Å². The zero-order chi connectivity index (χ0) is 24.2. The molecule has 8 nitrogen and oxygen atoms in total. The molecule has 0 bridgehead atoms. The minimum atomic E-state index is -3.81. The smallest absolute Gasteiger partial charge is 0.284 e. The summed E-state index contributed by atoms with van der Waals surface area (Å²) in [5, 5.41) is 19.5. The van der Waals surface area contributed by atoms with Gasteiger partial charge in [-0.1, -0.05) is 30.3 Å². The molecule has 172 valence electrons. The van der Waals surface area contributed by atoms with Gasteiger partial charge in [-0.05, 0) is 37.1 Å². The molecule has 0 aliphatic carbocycles. The highest BCUT2D eigenvalue weighted by Gasteiger charge is 2.28. The van der Waals surface area contributed by atoms with Gasteiger partial charge in [-0.3, -0.25) is 4.79 Å². The Morgan fingerprint density at radius 3 is 2.58 bits per heavy atom. The lowest BCUT2D eigenvalue weighted by Crippen LogP contribution is -2.37. The van der Waals surface area contributed by atoms with Gasteiger partial charge in [0.05, 0.1) is 36.2 Å². The molecular formula is C22H21FN4O4S2. The van der Waals surface area contributed by atoms with Gasteiger partial charge in [0.1, 0.15) is 11.5 Å².